The molecule has 0 aliphatic heterocycles. The lowest BCUT2D eigenvalue weighted by Gasteiger charge is -2.21. The van der Waals surface area contributed by atoms with Crippen LogP contribution >= 0.6 is 12.4 Å². The minimum atomic E-state index is -3.75. The Morgan fingerprint density at radius 1 is 1.42 bits per heavy atom. The van der Waals surface area contributed by atoms with Gasteiger partial charge in [-0.05, 0) is 12.3 Å². The van der Waals surface area contributed by atoms with Crippen LogP contribution < -0.4 is 5.73 Å². The average Bonchev–Trinajstić information content (AvgIpc) is 2.96. The van der Waals surface area contributed by atoms with E-state index in [0.29, 0.717) is 19.4 Å². The first-order valence-electron chi connectivity index (χ1n) is 7.58. The summed E-state index contributed by atoms with van der Waals surface area (Å²) in [5, 5.41) is 0. The van der Waals surface area contributed by atoms with Gasteiger partial charge in [-0.3, -0.25) is 0 Å². The average molecular weight is 383 g/mol. The topological polar surface area (TPSA) is 103 Å². The van der Waals surface area contributed by atoms with Gasteiger partial charge in [-0.15, -0.1) is 12.4 Å². The molecule has 1 rings (SSSR count). The van der Waals surface area contributed by atoms with Crippen molar-refractivity contribution in [3.63, 3.8) is 0 Å². The number of rotatable bonds is 8. The monoisotopic (exact) mass is 382 g/mol. The molecule has 9 heteroatoms. The number of halogens is 1. The maximum atomic E-state index is 12.7. The Morgan fingerprint density at radius 2 is 2.00 bits per heavy atom. The highest BCUT2D eigenvalue weighted by atomic mass is 35.5. The van der Waals surface area contributed by atoms with Gasteiger partial charge < -0.3 is 14.9 Å². The summed E-state index contributed by atoms with van der Waals surface area (Å²) in [4.78, 5) is 11.5. The van der Waals surface area contributed by atoms with E-state index in [9.17, 15) is 13.2 Å². The Morgan fingerprint density at radius 3 is 2.46 bits per heavy atom. The van der Waals surface area contributed by atoms with Crippen molar-refractivity contribution in [1.82, 2.24) is 4.31 Å². The molecule has 1 atom stereocenters. The van der Waals surface area contributed by atoms with Crippen molar-refractivity contribution in [3.8, 4) is 0 Å². The number of carbonyl (C=O) groups excluding carboxylic acids is 1. The number of esters is 1. The van der Waals surface area contributed by atoms with Crippen LogP contribution in [0.5, 0.6) is 0 Å². The predicted molar refractivity (Wildman–Crippen MR) is 93.9 cm³/mol. The highest BCUT2D eigenvalue weighted by molar-refractivity contribution is 7.89. The largest absolute Gasteiger partial charge is 0.463 e. The maximum Gasteiger partial charge on any atom is 0.373 e. The molecule has 0 fully saturated rings. The Balaban J connectivity index is 0.00000529. The highest BCUT2D eigenvalue weighted by Crippen LogP contribution is 2.25. The number of furan rings is 1. The zero-order valence-corrected chi connectivity index (χ0v) is 16.4. The molecule has 1 heterocycles. The molecule has 1 aromatic rings. The molecule has 1 aromatic heterocycles. The fraction of sp³-hybridized carbons (Fsp3) is 0.667. The van der Waals surface area contributed by atoms with Crippen molar-refractivity contribution in [3.05, 3.63) is 17.6 Å². The van der Waals surface area contributed by atoms with Crippen LogP contribution in [0.15, 0.2) is 15.4 Å². The lowest BCUT2D eigenvalue weighted by Crippen LogP contribution is -2.34. The van der Waals surface area contributed by atoms with E-state index in [1.165, 1.54) is 24.5 Å². The molecule has 0 aromatic carbocycles. The van der Waals surface area contributed by atoms with Gasteiger partial charge in [0.15, 0.2) is 0 Å². The van der Waals surface area contributed by atoms with Crippen molar-refractivity contribution in [2.75, 3.05) is 20.7 Å². The molecule has 0 aliphatic rings. The minimum Gasteiger partial charge on any atom is -0.463 e. The van der Waals surface area contributed by atoms with Crippen LogP contribution in [0.2, 0.25) is 0 Å². The summed E-state index contributed by atoms with van der Waals surface area (Å²) >= 11 is 0. The number of aryl methyl sites for hydroxylation is 1. The number of nitrogens with two attached hydrogens (primary N) is 1. The van der Waals surface area contributed by atoms with E-state index in [1.54, 1.807) is 6.92 Å². The molecule has 0 spiro atoms. The zero-order valence-electron chi connectivity index (χ0n) is 14.7. The minimum absolute atomic E-state index is 0. The van der Waals surface area contributed by atoms with Crippen LogP contribution in [0.3, 0.4) is 0 Å². The smallest absolute Gasteiger partial charge is 0.373 e. The van der Waals surface area contributed by atoms with Gasteiger partial charge in [-0.2, -0.15) is 0 Å². The molecular formula is C15H27ClN2O5S. The summed E-state index contributed by atoms with van der Waals surface area (Å²) in [7, 11) is -1.04. The van der Waals surface area contributed by atoms with E-state index in [-0.39, 0.29) is 40.8 Å². The van der Waals surface area contributed by atoms with Crippen LogP contribution in [0.25, 0.3) is 0 Å². The lowest BCUT2D eigenvalue weighted by atomic mass is 10.0. The van der Waals surface area contributed by atoms with Gasteiger partial charge in [-0.1, -0.05) is 20.8 Å². The van der Waals surface area contributed by atoms with Gasteiger partial charge in [0, 0.05) is 32.1 Å². The lowest BCUT2D eigenvalue weighted by molar-refractivity contribution is 0.0563. The van der Waals surface area contributed by atoms with E-state index in [4.69, 9.17) is 10.2 Å². The van der Waals surface area contributed by atoms with Gasteiger partial charge in [0.2, 0.25) is 15.8 Å². The van der Waals surface area contributed by atoms with Crippen LogP contribution in [-0.4, -0.2) is 45.4 Å². The molecule has 7 nitrogen and oxygen atoms in total. The van der Waals surface area contributed by atoms with Crippen LogP contribution in [0, 0.1) is 5.92 Å². The molecule has 1 unspecified atom stereocenters. The molecule has 0 radical (unpaired) electrons. The normalized spacial score (nSPS) is 13.0. The fourth-order valence-corrected chi connectivity index (χ4v) is 3.44. The van der Waals surface area contributed by atoms with Gasteiger partial charge in [0.25, 0.3) is 0 Å². The van der Waals surface area contributed by atoms with E-state index in [0.717, 1.165) is 0 Å². The quantitative estimate of drug-likeness (QED) is 0.690. The first kappa shape index (κ1) is 22.9. The van der Waals surface area contributed by atoms with Crippen molar-refractivity contribution >= 4 is 28.4 Å². The third kappa shape index (κ3) is 5.20. The number of hydrogen-bond acceptors (Lipinski definition) is 6. The Bertz CT molecular complexity index is 642. The van der Waals surface area contributed by atoms with Crippen molar-refractivity contribution in [2.45, 2.75) is 44.6 Å². The number of carbonyl (C=O) groups is 1. The van der Waals surface area contributed by atoms with Crippen molar-refractivity contribution in [1.29, 1.82) is 0 Å². The second-order valence-electron chi connectivity index (χ2n) is 5.77. The summed E-state index contributed by atoms with van der Waals surface area (Å²) in [6, 6.07) is 1.15. The SMILES string of the molecule is CCc1oc(C(=O)OC)cc1S(=O)(=O)N(C)CCC(N)C(C)C.Cl. The van der Waals surface area contributed by atoms with Crippen LogP contribution in [0.4, 0.5) is 0 Å². The summed E-state index contributed by atoms with van der Waals surface area (Å²) in [5.74, 6) is -0.302. The first-order chi connectivity index (χ1) is 10.6. The number of sulfonamides is 1. The third-order valence-corrected chi connectivity index (χ3v) is 5.70. The summed E-state index contributed by atoms with van der Waals surface area (Å²) in [5.41, 5.74) is 5.96. The van der Waals surface area contributed by atoms with E-state index in [1.807, 2.05) is 13.8 Å². The highest BCUT2D eigenvalue weighted by Gasteiger charge is 2.29. The fourth-order valence-electron chi connectivity index (χ4n) is 2.03. The Kier molecular flexibility index (Phi) is 8.98. The van der Waals surface area contributed by atoms with Crippen molar-refractivity contribution < 1.29 is 22.4 Å². The van der Waals surface area contributed by atoms with E-state index in [2.05, 4.69) is 4.74 Å². The van der Waals surface area contributed by atoms with Gasteiger partial charge >= 0.3 is 5.97 Å². The second-order valence-corrected chi connectivity index (χ2v) is 7.78. The standard InChI is InChI=1S/C15H26N2O5S.ClH/c1-6-12-14(9-13(22-12)15(18)21-5)23(19,20)17(4)8-7-11(16)10(2)3;/h9-11H,6-8,16H2,1-5H3;1H. The molecule has 24 heavy (non-hydrogen) atoms. The number of ether oxygens (including phenoxy) is 1. The molecule has 0 amide bonds. The van der Waals surface area contributed by atoms with E-state index < -0.39 is 16.0 Å². The molecule has 0 aliphatic carbocycles. The Labute approximate surface area is 150 Å². The van der Waals surface area contributed by atoms with Gasteiger partial charge in [-0.25, -0.2) is 17.5 Å². The number of nitrogens with zero attached hydrogens (tertiary/aromatic N) is 1. The molecule has 0 saturated heterocycles. The van der Waals surface area contributed by atoms with E-state index >= 15 is 0 Å². The predicted octanol–water partition coefficient (Wildman–Crippen LogP) is 2.04. The molecule has 0 saturated carbocycles. The molecular weight excluding hydrogens is 356 g/mol. The molecule has 2 N–H and O–H groups in total. The molecule has 140 valence electrons. The summed E-state index contributed by atoms with van der Waals surface area (Å²) in [6.45, 7) is 6.04. The summed E-state index contributed by atoms with van der Waals surface area (Å²) in [6.07, 6.45) is 0.904. The number of methoxy groups -OCH3 is 1. The summed E-state index contributed by atoms with van der Waals surface area (Å²) < 4.78 is 36.5. The van der Waals surface area contributed by atoms with Crippen molar-refractivity contribution in [2.24, 2.45) is 11.7 Å². The number of hydrogen-bond donors (Lipinski definition) is 1. The van der Waals surface area contributed by atoms with Crippen LogP contribution in [-0.2, 0) is 21.2 Å². The first-order valence-corrected chi connectivity index (χ1v) is 9.02. The Hall–Kier alpha value is -1.09. The second kappa shape index (κ2) is 9.41. The third-order valence-electron chi connectivity index (χ3n) is 3.80. The van der Waals surface area contributed by atoms with Crippen LogP contribution in [0.1, 0.15) is 43.5 Å². The van der Waals surface area contributed by atoms with Gasteiger partial charge in [0.1, 0.15) is 10.7 Å². The zero-order chi connectivity index (χ0) is 17.8. The van der Waals surface area contributed by atoms with Gasteiger partial charge in [0.05, 0.1) is 7.11 Å². The molecule has 0 bridgehead atoms. The maximum absolute atomic E-state index is 12.7.